The molecule has 0 bridgehead atoms. The molecule has 4 heteroatoms. The summed E-state index contributed by atoms with van der Waals surface area (Å²) >= 11 is 0. The molecule has 3 N–H and O–H groups in total. The molecule has 1 rings (SSSR count). The normalized spacial score (nSPS) is 12.8. The summed E-state index contributed by atoms with van der Waals surface area (Å²) in [4.78, 5) is 11.8. The third-order valence-corrected chi connectivity index (χ3v) is 3.96. The van der Waals surface area contributed by atoms with Gasteiger partial charge in [-0.1, -0.05) is 50.6 Å². The highest BCUT2D eigenvalue weighted by molar-refractivity contribution is 5.73. The maximum Gasteiger partial charge on any atom is 0.314 e. The number of carbonyl (C=O) groups excluding carboxylic acids is 1. The van der Waals surface area contributed by atoms with Crippen molar-refractivity contribution >= 4 is 6.03 Å². The van der Waals surface area contributed by atoms with Gasteiger partial charge in [-0.2, -0.15) is 0 Å². The predicted octanol–water partition coefficient (Wildman–Crippen LogP) is 3.20. The Morgan fingerprint density at radius 1 is 1.23 bits per heavy atom. The lowest BCUT2D eigenvalue weighted by atomic mass is 9.89. The number of hydrogen-bond acceptors (Lipinski definition) is 2. The molecule has 124 valence electrons. The second-order valence-corrected chi connectivity index (χ2v) is 6.87. The predicted molar refractivity (Wildman–Crippen MR) is 91.1 cm³/mol. The Balaban J connectivity index is 2.21. The number of aliphatic hydroxyl groups excluding tert-OH is 1. The van der Waals surface area contributed by atoms with Gasteiger partial charge < -0.3 is 15.7 Å². The van der Waals surface area contributed by atoms with Crippen molar-refractivity contribution in [2.45, 2.75) is 46.5 Å². The van der Waals surface area contributed by atoms with E-state index < -0.39 is 0 Å². The molecule has 0 saturated carbocycles. The summed E-state index contributed by atoms with van der Waals surface area (Å²) in [6.45, 7) is 9.65. The number of aliphatic hydroxyl groups is 1. The van der Waals surface area contributed by atoms with Crippen molar-refractivity contribution in [1.82, 2.24) is 10.6 Å². The Kier molecular flexibility index (Phi) is 7.39. The van der Waals surface area contributed by atoms with Gasteiger partial charge in [0, 0.05) is 19.7 Å². The maximum absolute atomic E-state index is 11.8. The molecule has 0 aliphatic heterocycles. The zero-order chi connectivity index (χ0) is 16.6. The van der Waals surface area contributed by atoms with Crippen LogP contribution in [0.5, 0.6) is 0 Å². The maximum atomic E-state index is 11.8. The number of urea groups is 1. The van der Waals surface area contributed by atoms with E-state index in [9.17, 15) is 9.90 Å². The van der Waals surface area contributed by atoms with Gasteiger partial charge >= 0.3 is 6.03 Å². The molecule has 1 unspecified atom stereocenters. The van der Waals surface area contributed by atoms with Gasteiger partial charge in [-0.25, -0.2) is 4.79 Å². The minimum absolute atomic E-state index is 0.0713. The Labute approximate surface area is 134 Å². The van der Waals surface area contributed by atoms with E-state index in [1.807, 2.05) is 13.8 Å². The lowest BCUT2D eigenvalue weighted by Crippen LogP contribution is -2.38. The van der Waals surface area contributed by atoms with Crippen molar-refractivity contribution < 1.29 is 9.90 Å². The average molecular weight is 306 g/mol. The monoisotopic (exact) mass is 306 g/mol. The van der Waals surface area contributed by atoms with E-state index in [-0.39, 0.29) is 18.1 Å². The lowest BCUT2D eigenvalue weighted by molar-refractivity contribution is 0.148. The summed E-state index contributed by atoms with van der Waals surface area (Å²) < 4.78 is 0. The highest BCUT2D eigenvalue weighted by atomic mass is 16.3. The molecular weight excluding hydrogens is 276 g/mol. The van der Waals surface area contributed by atoms with Crippen LogP contribution in [0.4, 0.5) is 4.79 Å². The van der Waals surface area contributed by atoms with Gasteiger partial charge in [-0.3, -0.25) is 0 Å². The molecule has 1 aromatic carbocycles. The van der Waals surface area contributed by atoms with E-state index >= 15 is 0 Å². The number of amides is 2. The van der Waals surface area contributed by atoms with Crippen molar-refractivity contribution in [1.29, 1.82) is 0 Å². The van der Waals surface area contributed by atoms with Crippen LogP contribution >= 0.6 is 0 Å². The van der Waals surface area contributed by atoms with Crippen LogP contribution in [0.1, 0.15) is 50.7 Å². The lowest BCUT2D eigenvalue weighted by Gasteiger charge is -2.21. The molecule has 0 aliphatic carbocycles. The van der Waals surface area contributed by atoms with Gasteiger partial charge in [-0.05, 0) is 36.7 Å². The zero-order valence-electron chi connectivity index (χ0n) is 14.3. The molecule has 0 aromatic heterocycles. The standard InChI is InChI=1S/C18H30N2O2/c1-14-6-8-16(9-7-14)15(2)12-20-17(22)19-11-5-10-18(3,4)13-21/h6-9,15,21H,5,10-13H2,1-4H3,(H2,19,20,22). The molecule has 0 heterocycles. The Morgan fingerprint density at radius 2 is 1.86 bits per heavy atom. The van der Waals surface area contributed by atoms with Crippen LogP contribution in [-0.2, 0) is 0 Å². The molecule has 2 amide bonds. The van der Waals surface area contributed by atoms with Crippen LogP contribution in [0.25, 0.3) is 0 Å². The molecular formula is C18H30N2O2. The van der Waals surface area contributed by atoms with Crippen molar-refractivity contribution in [3.05, 3.63) is 35.4 Å². The number of hydrogen-bond donors (Lipinski definition) is 3. The highest BCUT2D eigenvalue weighted by Gasteiger charge is 2.15. The fourth-order valence-electron chi connectivity index (χ4n) is 2.17. The summed E-state index contributed by atoms with van der Waals surface area (Å²) in [7, 11) is 0. The smallest absolute Gasteiger partial charge is 0.314 e. The topological polar surface area (TPSA) is 61.4 Å². The summed E-state index contributed by atoms with van der Waals surface area (Å²) in [5, 5.41) is 14.9. The number of nitrogens with one attached hydrogen (secondary N) is 2. The van der Waals surface area contributed by atoms with Gasteiger partial charge in [0.25, 0.3) is 0 Å². The Hall–Kier alpha value is -1.55. The van der Waals surface area contributed by atoms with E-state index in [1.54, 1.807) is 0 Å². The van der Waals surface area contributed by atoms with Gasteiger partial charge in [0.05, 0.1) is 0 Å². The molecule has 0 spiro atoms. The van der Waals surface area contributed by atoms with Crippen molar-refractivity contribution in [2.24, 2.45) is 5.41 Å². The van der Waals surface area contributed by atoms with Crippen molar-refractivity contribution in [3.63, 3.8) is 0 Å². The van der Waals surface area contributed by atoms with Crippen LogP contribution in [0.15, 0.2) is 24.3 Å². The average Bonchev–Trinajstić information content (AvgIpc) is 2.50. The number of benzene rings is 1. The highest BCUT2D eigenvalue weighted by Crippen LogP contribution is 2.20. The first-order valence-electron chi connectivity index (χ1n) is 8.03. The quantitative estimate of drug-likeness (QED) is 0.646. The Bertz CT molecular complexity index is 455. The fraction of sp³-hybridized carbons (Fsp3) is 0.611. The minimum atomic E-state index is -0.124. The summed E-state index contributed by atoms with van der Waals surface area (Å²) in [6, 6.07) is 8.28. The summed E-state index contributed by atoms with van der Waals surface area (Å²) in [6.07, 6.45) is 1.76. The first kappa shape index (κ1) is 18.5. The molecule has 0 fully saturated rings. The third kappa shape index (κ3) is 6.94. The molecule has 4 nitrogen and oxygen atoms in total. The van der Waals surface area contributed by atoms with Crippen LogP contribution in [0.2, 0.25) is 0 Å². The van der Waals surface area contributed by atoms with Crippen LogP contribution < -0.4 is 10.6 Å². The van der Waals surface area contributed by atoms with E-state index in [0.29, 0.717) is 19.0 Å². The van der Waals surface area contributed by atoms with Gasteiger partial charge in [0.1, 0.15) is 0 Å². The van der Waals surface area contributed by atoms with E-state index in [4.69, 9.17) is 0 Å². The SMILES string of the molecule is Cc1ccc(C(C)CNC(=O)NCCCC(C)(C)CO)cc1. The van der Waals surface area contributed by atoms with Crippen LogP contribution in [0.3, 0.4) is 0 Å². The molecule has 0 aliphatic rings. The van der Waals surface area contributed by atoms with E-state index in [1.165, 1.54) is 11.1 Å². The van der Waals surface area contributed by atoms with Gasteiger partial charge in [0.15, 0.2) is 0 Å². The molecule has 22 heavy (non-hydrogen) atoms. The molecule has 1 aromatic rings. The number of aryl methyl sites for hydroxylation is 1. The Morgan fingerprint density at radius 3 is 2.45 bits per heavy atom. The third-order valence-electron chi connectivity index (χ3n) is 3.96. The first-order valence-corrected chi connectivity index (χ1v) is 8.03. The van der Waals surface area contributed by atoms with Gasteiger partial charge in [-0.15, -0.1) is 0 Å². The van der Waals surface area contributed by atoms with Crippen molar-refractivity contribution in [3.8, 4) is 0 Å². The molecule has 0 radical (unpaired) electrons. The van der Waals surface area contributed by atoms with Crippen LogP contribution in [0, 0.1) is 12.3 Å². The first-order chi connectivity index (χ1) is 10.3. The van der Waals surface area contributed by atoms with Crippen LogP contribution in [-0.4, -0.2) is 30.8 Å². The number of carbonyl (C=O) groups is 1. The fourth-order valence-corrected chi connectivity index (χ4v) is 2.17. The second-order valence-electron chi connectivity index (χ2n) is 6.87. The van der Waals surface area contributed by atoms with Gasteiger partial charge in [0.2, 0.25) is 0 Å². The van der Waals surface area contributed by atoms with E-state index in [2.05, 4.69) is 48.7 Å². The zero-order valence-corrected chi connectivity index (χ0v) is 14.3. The molecule has 1 atom stereocenters. The molecule has 0 saturated heterocycles. The number of rotatable bonds is 8. The second kappa shape index (κ2) is 8.79. The summed E-state index contributed by atoms with van der Waals surface area (Å²) in [5.74, 6) is 0.291. The largest absolute Gasteiger partial charge is 0.396 e. The minimum Gasteiger partial charge on any atom is -0.396 e. The summed E-state index contributed by atoms with van der Waals surface area (Å²) in [5.41, 5.74) is 2.40. The van der Waals surface area contributed by atoms with E-state index in [0.717, 1.165) is 12.8 Å². The van der Waals surface area contributed by atoms with Crippen molar-refractivity contribution in [2.75, 3.05) is 19.7 Å².